The molecule has 1 heterocycles. The van der Waals surface area contributed by atoms with Crippen LogP contribution in [-0.2, 0) is 0 Å². The van der Waals surface area contributed by atoms with E-state index >= 15 is 0 Å². The Morgan fingerprint density at radius 1 is 1.11 bits per heavy atom. The van der Waals surface area contributed by atoms with Crippen LogP contribution in [0.2, 0.25) is 0 Å². The fourth-order valence-corrected chi connectivity index (χ4v) is 2.38. The summed E-state index contributed by atoms with van der Waals surface area (Å²) in [6.45, 7) is 1.63. The zero-order valence-electron chi connectivity index (χ0n) is 9.38. The average molecular weight is 263 g/mol. The molecule has 2 rings (SSSR count). The molecule has 0 aliphatic heterocycles. The fraction of sp³-hybridized carbons (Fsp3) is 0.0833. The third-order valence-electron chi connectivity index (χ3n) is 2.37. The monoisotopic (exact) mass is 263 g/mol. The molecule has 6 heteroatoms. The Bertz CT molecular complexity index is 616. The SMILES string of the molecule is Cc1nc(-c2ccc(C(=O)O)cc2)sc1C(=O)O. The number of hydrogen-bond donors (Lipinski definition) is 2. The molecule has 1 aromatic carbocycles. The summed E-state index contributed by atoms with van der Waals surface area (Å²) in [4.78, 5) is 26.0. The second-order valence-electron chi connectivity index (χ2n) is 3.62. The summed E-state index contributed by atoms with van der Waals surface area (Å²) in [5, 5.41) is 18.3. The van der Waals surface area contributed by atoms with Crippen LogP contribution in [0.3, 0.4) is 0 Å². The number of hydrogen-bond acceptors (Lipinski definition) is 4. The predicted molar refractivity (Wildman–Crippen MR) is 66.2 cm³/mol. The van der Waals surface area contributed by atoms with Crippen molar-refractivity contribution in [1.82, 2.24) is 4.98 Å². The van der Waals surface area contributed by atoms with E-state index in [1.807, 2.05) is 0 Å². The highest BCUT2D eigenvalue weighted by Gasteiger charge is 2.15. The van der Waals surface area contributed by atoms with Gasteiger partial charge in [-0.05, 0) is 19.1 Å². The molecular formula is C12H9NO4S. The van der Waals surface area contributed by atoms with Crippen LogP contribution in [0.25, 0.3) is 10.6 Å². The second-order valence-corrected chi connectivity index (χ2v) is 4.62. The third-order valence-corrected chi connectivity index (χ3v) is 3.56. The molecule has 1 aromatic heterocycles. The predicted octanol–water partition coefficient (Wildman–Crippen LogP) is 2.51. The van der Waals surface area contributed by atoms with Gasteiger partial charge in [-0.15, -0.1) is 11.3 Å². The number of aryl methyl sites for hydroxylation is 1. The number of carboxylic acids is 2. The average Bonchev–Trinajstić information content (AvgIpc) is 2.71. The molecule has 5 nitrogen and oxygen atoms in total. The van der Waals surface area contributed by atoms with Gasteiger partial charge >= 0.3 is 11.9 Å². The largest absolute Gasteiger partial charge is 0.478 e. The molecule has 0 aliphatic rings. The van der Waals surface area contributed by atoms with E-state index in [1.165, 1.54) is 12.1 Å². The first-order valence-electron chi connectivity index (χ1n) is 5.03. The van der Waals surface area contributed by atoms with Crippen molar-refractivity contribution in [2.45, 2.75) is 6.92 Å². The topological polar surface area (TPSA) is 87.5 Å². The van der Waals surface area contributed by atoms with Gasteiger partial charge in [-0.2, -0.15) is 0 Å². The molecule has 2 aromatic rings. The minimum Gasteiger partial charge on any atom is -0.478 e. The summed E-state index contributed by atoms with van der Waals surface area (Å²) in [5.74, 6) is -2.00. The van der Waals surface area contributed by atoms with Gasteiger partial charge < -0.3 is 10.2 Å². The molecule has 92 valence electrons. The van der Waals surface area contributed by atoms with Gasteiger partial charge in [0.25, 0.3) is 0 Å². The van der Waals surface area contributed by atoms with Gasteiger partial charge in [-0.1, -0.05) is 12.1 Å². The molecule has 0 radical (unpaired) electrons. The van der Waals surface area contributed by atoms with Crippen molar-refractivity contribution >= 4 is 23.3 Å². The molecule has 0 unspecified atom stereocenters. The Hall–Kier alpha value is -2.21. The summed E-state index contributed by atoms with van der Waals surface area (Å²) in [5.41, 5.74) is 1.36. The van der Waals surface area contributed by atoms with Crippen molar-refractivity contribution < 1.29 is 19.8 Å². The molecule has 0 spiro atoms. The Labute approximate surface area is 106 Å². The van der Waals surface area contributed by atoms with E-state index in [2.05, 4.69) is 4.98 Å². The Balaban J connectivity index is 2.40. The van der Waals surface area contributed by atoms with Crippen molar-refractivity contribution in [2.24, 2.45) is 0 Å². The summed E-state index contributed by atoms with van der Waals surface area (Å²) < 4.78 is 0. The van der Waals surface area contributed by atoms with Crippen molar-refractivity contribution in [3.63, 3.8) is 0 Å². The fourth-order valence-electron chi connectivity index (χ4n) is 1.47. The van der Waals surface area contributed by atoms with Crippen LogP contribution >= 0.6 is 11.3 Å². The summed E-state index contributed by atoms with van der Waals surface area (Å²) >= 11 is 1.08. The lowest BCUT2D eigenvalue weighted by Crippen LogP contribution is -1.94. The number of carbonyl (C=O) groups is 2. The highest BCUT2D eigenvalue weighted by atomic mass is 32.1. The maximum absolute atomic E-state index is 10.9. The molecule has 0 fully saturated rings. The molecule has 0 saturated carbocycles. The number of benzene rings is 1. The quantitative estimate of drug-likeness (QED) is 0.888. The number of carboxylic acid groups (broad SMARTS) is 2. The maximum atomic E-state index is 10.9. The van der Waals surface area contributed by atoms with Gasteiger partial charge in [0, 0.05) is 5.56 Å². The number of aromatic carboxylic acids is 2. The van der Waals surface area contributed by atoms with E-state index < -0.39 is 11.9 Å². The van der Waals surface area contributed by atoms with E-state index in [0.717, 1.165) is 11.3 Å². The number of nitrogens with zero attached hydrogens (tertiary/aromatic N) is 1. The van der Waals surface area contributed by atoms with E-state index in [4.69, 9.17) is 10.2 Å². The number of aromatic nitrogens is 1. The van der Waals surface area contributed by atoms with Crippen LogP contribution in [0.15, 0.2) is 24.3 Å². The van der Waals surface area contributed by atoms with Gasteiger partial charge in [0.05, 0.1) is 11.3 Å². The molecule has 0 atom stereocenters. The Morgan fingerprint density at radius 2 is 1.72 bits per heavy atom. The molecule has 0 aliphatic carbocycles. The van der Waals surface area contributed by atoms with E-state index in [9.17, 15) is 9.59 Å². The molecule has 0 saturated heterocycles. The minimum absolute atomic E-state index is 0.186. The van der Waals surface area contributed by atoms with E-state index in [1.54, 1.807) is 19.1 Å². The lowest BCUT2D eigenvalue weighted by atomic mass is 10.1. The number of rotatable bonds is 3. The first-order valence-corrected chi connectivity index (χ1v) is 5.85. The van der Waals surface area contributed by atoms with Gasteiger partial charge in [-0.25, -0.2) is 14.6 Å². The van der Waals surface area contributed by atoms with Crippen molar-refractivity contribution in [1.29, 1.82) is 0 Å². The smallest absolute Gasteiger partial charge is 0.347 e. The van der Waals surface area contributed by atoms with Gasteiger partial charge in [-0.3, -0.25) is 0 Å². The zero-order valence-corrected chi connectivity index (χ0v) is 10.2. The van der Waals surface area contributed by atoms with Gasteiger partial charge in [0.2, 0.25) is 0 Å². The van der Waals surface area contributed by atoms with Crippen molar-refractivity contribution in [3.05, 3.63) is 40.4 Å². The first kappa shape index (κ1) is 12.3. The highest BCUT2D eigenvalue weighted by Crippen LogP contribution is 2.28. The number of thiazole rings is 1. The van der Waals surface area contributed by atoms with Crippen molar-refractivity contribution in [2.75, 3.05) is 0 Å². The van der Waals surface area contributed by atoms with Crippen LogP contribution < -0.4 is 0 Å². The van der Waals surface area contributed by atoms with Crippen LogP contribution in [0.4, 0.5) is 0 Å². The summed E-state index contributed by atoms with van der Waals surface area (Å²) in [6.07, 6.45) is 0. The third kappa shape index (κ3) is 2.23. The van der Waals surface area contributed by atoms with Gasteiger partial charge in [0.15, 0.2) is 0 Å². The zero-order chi connectivity index (χ0) is 13.3. The lowest BCUT2D eigenvalue weighted by Gasteiger charge is -1.97. The van der Waals surface area contributed by atoms with E-state index in [-0.39, 0.29) is 10.4 Å². The maximum Gasteiger partial charge on any atom is 0.347 e. The standard InChI is InChI=1S/C12H9NO4S/c1-6-9(12(16)17)18-10(13-6)7-2-4-8(5-3-7)11(14)15/h2-5H,1H3,(H,14,15)(H,16,17). The summed E-state index contributed by atoms with van der Waals surface area (Å²) in [7, 11) is 0. The van der Waals surface area contributed by atoms with Gasteiger partial charge in [0.1, 0.15) is 9.88 Å². The molecule has 18 heavy (non-hydrogen) atoms. The van der Waals surface area contributed by atoms with Crippen LogP contribution in [0.1, 0.15) is 25.7 Å². The molecule has 0 amide bonds. The Kier molecular flexibility index (Phi) is 3.12. The lowest BCUT2D eigenvalue weighted by molar-refractivity contribution is 0.0688. The van der Waals surface area contributed by atoms with E-state index in [0.29, 0.717) is 16.3 Å². The Morgan fingerprint density at radius 3 is 2.17 bits per heavy atom. The van der Waals surface area contributed by atoms with Crippen LogP contribution in [0.5, 0.6) is 0 Å². The summed E-state index contributed by atoms with van der Waals surface area (Å²) in [6, 6.07) is 6.17. The second kappa shape index (κ2) is 4.58. The van der Waals surface area contributed by atoms with Crippen LogP contribution in [0, 0.1) is 6.92 Å². The minimum atomic E-state index is -1.00. The first-order chi connectivity index (χ1) is 8.49. The molecular weight excluding hydrogens is 254 g/mol. The normalized spacial score (nSPS) is 10.3. The van der Waals surface area contributed by atoms with Crippen molar-refractivity contribution in [3.8, 4) is 10.6 Å². The highest BCUT2D eigenvalue weighted by molar-refractivity contribution is 7.17. The molecule has 0 bridgehead atoms. The van der Waals surface area contributed by atoms with Crippen LogP contribution in [-0.4, -0.2) is 27.1 Å². The molecule has 2 N–H and O–H groups in total.